The van der Waals surface area contributed by atoms with Crippen LogP contribution in [-0.2, 0) is 0 Å². The van der Waals surface area contributed by atoms with Gasteiger partial charge in [-0.1, -0.05) is 11.2 Å². The summed E-state index contributed by atoms with van der Waals surface area (Å²) in [6.45, 7) is 0. The van der Waals surface area contributed by atoms with Crippen molar-refractivity contribution in [2.45, 2.75) is 0 Å². The van der Waals surface area contributed by atoms with Crippen LogP contribution in [0.1, 0.15) is 5.56 Å². The molecule has 2 rings (SSSR count). The second-order valence-electron chi connectivity index (χ2n) is 4.15. The van der Waals surface area contributed by atoms with Gasteiger partial charge >= 0.3 is 0 Å². The zero-order valence-electron chi connectivity index (χ0n) is 10.7. The standard InChI is InChI=1S/C14H13F2N3O/c1-19(10-7-5-9(15)6-8-10)12-4-2-3-11(16)13(12)14(17)18-20/h2-8,20H,1H3,(H2,17,18). The van der Waals surface area contributed by atoms with Crippen LogP contribution in [0.25, 0.3) is 0 Å². The van der Waals surface area contributed by atoms with Crippen LogP contribution in [0.3, 0.4) is 0 Å². The molecule has 0 aliphatic carbocycles. The Labute approximate surface area is 114 Å². The Bertz CT molecular complexity index is 641. The predicted molar refractivity (Wildman–Crippen MR) is 73.4 cm³/mol. The first-order valence-corrected chi connectivity index (χ1v) is 5.80. The number of nitrogens with two attached hydrogens (primary N) is 1. The van der Waals surface area contributed by atoms with Gasteiger partial charge in [0.15, 0.2) is 5.84 Å². The molecule has 0 fully saturated rings. The van der Waals surface area contributed by atoms with Crippen molar-refractivity contribution in [3.8, 4) is 0 Å². The highest BCUT2D eigenvalue weighted by Crippen LogP contribution is 2.28. The van der Waals surface area contributed by atoms with E-state index in [9.17, 15) is 8.78 Å². The molecule has 0 atom stereocenters. The number of hydrogen-bond acceptors (Lipinski definition) is 3. The summed E-state index contributed by atoms with van der Waals surface area (Å²) in [5.41, 5.74) is 6.55. The number of rotatable bonds is 3. The Balaban J connectivity index is 2.52. The van der Waals surface area contributed by atoms with E-state index in [-0.39, 0.29) is 17.2 Å². The maximum Gasteiger partial charge on any atom is 0.175 e. The lowest BCUT2D eigenvalue weighted by molar-refractivity contribution is 0.318. The Morgan fingerprint density at radius 2 is 1.80 bits per heavy atom. The van der Waals surface area contributed by atoms with Crippen LogP contribution >= 0.6 is 0 Å². The van der Waals surface area contributed by atoms with Crippen LogP contribution in [0.5, 0.6) is 0 Å². The van der Waals surface area contributed by atoms with Gasteiger partial charge in [-0.2, -0.15) is 0 Å². The first-order chi connectivity index (χ1) is 9.54. The second-order valence-corrected chi connectivity index (χ2v) is 4.15. The molecule has 0 radical (unpaired) electrons. The Hall–Kier alpha value is -2.63. The van der Waals surface area contributed by atoms with Gasteiger partial charge < -0.3 is 15.8 Å². The van der Waals surface area contributed by atoms with Crippen molar-refractivity contribution in [2.75, 3.05) is 11.9 Å². The minimum Gasteiger partial charge on any atom is -0.409 e. The summed E-state index contributed by atoms with van der Waals surface area (Å²) in [5, 5.41) is 11.6. The van der Waals surface area contributed by atoms with Crippen molar-refractivity contribution in [3.63, 3.8) is 0 Å². The van der Waals surface area contributed by atoms with Gasteiger partial charge in [-0.25, -0.2) is 8.78 Å². The summed E-state index contributed by atoms with van der Waals surface area (Å²) >= 11 is 0. The van der Waals surface area contributed by atoms with Gasteiger partial charge in [0.05, 0.1) is 11.3 Å². The van der Waals surface area contributed by atoms with E-state index in [1.165, 1.54) is 24.3 Å². The molecule has 0 unspecified atom stereocenters. The lowest BCUT2D eigenvalue weighted by atomic mass is 10.1. The zero-order chi connectivity index (χ0) is 14.7. The Kier molecular flexibility index (Phi) is 3.84. The molecule has 0 heterocycles. The third-order valence-corrected chi connectivity index (χ3v) is 2.93. The van der Waals surface area contributed by atoms with E-state index in [4.69, 9.17) is 10.9 Å². The first kappa shape index (κ1) is 13.8. The maximum absolute atomic E-state index is 13.9. The third kappa shape index (κ3) is 2.54. The summed E-state index contributed by atoms with van der Waals surface area (Å²) in [7, 11) is 1.68. The summed E-state index contributed by atoms with van der Waals surface area (Å²) in [6.07, 6.45) is 0. The molecular formula is C14H13F2N3O. The van der Waals surface area contributed by atoms with Gasteiger partial charge in [0.1, 0.15) is 11.6 Å². The fraction of sp³-hybridized carbons (Fsp3) is 0.0714. The SMILES string of the molecule is CN(c1ccc(F)cc1)c1cccc(F)c1C(N)=NO. The van der Waals surface area contributed by atoms with E-state index in [2.05, 4.69) is 5.16 Å². The number of oxime groups is 1. The van der Waals surface area contributed by atoms with Gasteiger partial charge in [-0.15, -0.1) is 0 Å². The third-order valence-electron chi connectivity index (χ3n) is 2.93. The van der Waals surface area contributed by atoms with Crippen molar-refractivity contribution < 1.29 is 14.0 Å². The molecule has 4 nitrogen and oxygen atoms in total. The first-order valence-electron chi connectivity index (χ1n) is 5.80. The molecule has 0 spiro atoms. The highest BCUT2D eigenvalue weighted by Gasteiger charge is 2.16. The normalized spacial score (nSPS) is 11.4. The lowest BCUT2D eigenvalue weighted by Crippen LogP contribution is -2.21. The number of nitrogens with zero attached hydrogens (tertiary/aromatic N) is 2. The van der Waals surface area contributed by atoms with Gasteiger partial charge in [0.2, 0.25) is 0 Å². The highest BCUT2D eigenvalue weighted by molar-refractivity contribution is 6.03. The number of benzene rings is 2. The monoisotopic (exact) mass is 277 g/mol. The number of anilines is 2. The Morgan fingerprint density at radius 1 is 1.15 bits per heavy atom. The molecule has 0 aliphatic rings. The summed E-state index contributed by atoms with van der Waals surface area (Å²) in [6, 6.07) is 10.1. The van der Waals surface area contributed by atoms with Gasteiger partial charge in [-0.3, -0.25) is 0 Å². The average molecular weight is 277 g/mol. The molecule has 0 aromatic heterocycles. The van der Waals surface area contributed by atoms with E-state index in [0.717, 1.165) is 0 Å². The number of halogens is 2. The van der Waals surface area contributed by atoms with E-state index < -0.39 is 5.82 Å². The van der Waals surface area contributed by atoms with Gasteiger partial charge in [0, 0.05) is 12.7 Å². The molecule has 0 bridgehead atoms. The molecule has 0 amide bonds. The number of amidine groups is 1. The van der Waals surface area contributed by atoms with Crippen LogP contribution in [0, 0.1) is 11.6 Å². The maximum atomic E-state index is 13.9. The van der Waals surface area contributed by atoms with Crippen LogP contribution in [0.15, 0.2) is 47.6 Å². The van der Waals surface area contributed by atoms with Gasteiger partial charge in [-0.05, 0) is 36.4 Å². The Morgan fingerprint density at radius 3 is 2.40 bits per heavy atom. The minimum atomic E-state index is -0.605. The zero-order valence-corrected chi connectivity index (χ0v) is 10.7. The van der Waals surface area contributed by atoms with Crippen LogP contribution in [0.2, 0.25) is 0 Å². The van der Waals surface area contributed by atoms with E-state index in [0.29, 0.717) is 11.4 Å². The summed E-state index contributed by atoms with van der Waals surface area (Å²) < 4.78 is 26.8. The molecule has 2 aromatic carbocycles. The van der Waals surface area contributed by atoms with E-state index in [1.807, 2.05) is 0 Å². The van der Waals surface area contributed by atoms with E-state index >= 15 is 0 Å². The average Bonchev–Trinajstić information content (AvgIpc) is 2.46. The second kappa shape index (κ2) is 5.56. The van der Waals surface area contributed by atoms with Crippen molar-refractivity contribution in [1.29, 1.82) is 0 Å². The van der Waals surface area contributed by atoms with Crippen LogP contribution in [0.4, 0.5) is 20.2 Å². The number of hydrogen-bond donors (Lipinski definition) is 2. The minimum absolute atomic E-state index is 0.0122. The smallest absolute Gasteiger partial charge is 0.175 e. The van der Waals surface area contributed by atoms with E-state index in [1.54, 1.807) is 30.1 Å². The predicted octanol–water partition coefficient (Wildman–Crippen LogP) is 2.83. The van der Waals surface area contributed by atoms with Crippen molar-refractivity contribution >= 4 is 17.2 Å². The molecule has 0 saturated carbocycles. The van der Waals surface area contributed by atoms with Gasteiger partial charge in [0.25, 0.3) is 0 Å². The fourth-order valence-corrected chi connectivity index (χ4v) is 1.90. The summed E-state index contributed by atoms with van der Waals surface area (Å²) in [5.74, 6) is -1.29. The largest absolute Gasteiger partial charge is 0.409 e. The lowest BCUT2D eigenvalue weighted by Gasteiger charge is -2.22. The van der Waals surface area contributed by atoms with Crippen molar-refractivity contribution in [1.82, 2.24) is 0 Å². The molecule has 3 N–H and O–H groups in total. The van der Waals surface area contributed by atoms with Crippen molar-refractivity contribution in [3.05, 3.63) is 59.7 Å². The molecular weight excluding hydrogens is 264 g/mol. The molecule has 0 saturated heterocycles. The topological polar surface area (TPSA) is 61.8 Å². The molecule has 0 aliphatic heterocycles. The quantitative estimate of drug-likeness (QED) is 0.392. The van der Waals surface area contributed by atoms with Crippen LogP contribution in [-0.4, -0.2) is 18.1 Å². The molecule has 20 heavy (non-hydrogen) atoms. The summed E-state index contributed by atoms with van der Waals surface area (Å²) in [4.78, 5) is 1.62. The molecule has 6 heteroatoms. The fourth-order valence-electron chi connectivity index (χ4n) is 1.90. The highest BCUT2D eigenvalue weighted by atomic mass is 19.1. The van der Waals surface area contributed by atoms with Crippen LogP contribution < -0.4 is 10.6 Å². The molecule has 2 aromatic rings. The molecule has 104 valence electrons. The van der Waals surface area contributed by atoms with Crippen molar-refractivity contribution in [2.24, 2.45) is 10.9 Å².